The van der Waals surface area contributed by atoms with Crippen LogP contribution in [0.15, 0.2) is 29.2 Å². The van der Waals surface area contributed by atoms with Gasteiger partial charge in [0.25, 0.3) is 0 Å². The molecule has 0 fully saturated rings. The molecule has 0 saturated heterocycles. The van der Waals surface area contributed by atoms with Crippen molar-refractivity contribution < 1.29 is 27.5 Å². The van der Waals surface area contributed by atoms with Gasteiger partial charge in [-0.2, -0.15) is 0 Å². The first-order valence-corrected chi connectivity index (χ1v) is 9.39. The number of esters is 1. The van der Waals surface area contributed by atoms with Gasteiger partial charge in [-0.1, -0.05) is 12.1 Å². The van der Waals surface area contributed by atoms with E-state index in [-0.39, 0.29) is 11.3 Å². The van der Waals surface area contributed by atoms with Crippen LogP contribution in [0, 0.1) is 0 Å². The van der Waals surface area contributed by atoms with Crippen molar-refractivity contribution in [2.45, 2.75) is 43.7 Å². The SMILES string of the molecule is COC(=O)[C@H](Cc1cccc(S(=O)(=O)N(C)C)c1)NC(=O)OC(C)(C)C. The number of hydrogen-bond donors (Lipinski definition) is 1. The lowest BCUT2D eigenvalue weighted by molar-refractivity contribution is -0.143. The van der Waals surface area contributed by atoms with Gasteiger partial charge in [0.05, 0.1) is 12.0 Å². The fraction of sp³-hybridized carbons (Fsp3) is 0.529. The van der Waals surface area contributed by atoms with E-state index in [1.165, 1.54) is 33.3 Å². The van der Waals surface area contributed by atoms with Crippen molar-refractivity contribution in [2.24, 2.45) is 0 Å². The van der Waals surface area contributed by atoms with Crippen molar-refractivity contribution in [1.29, 1.82) is 0 Å². The lowest BCUT2D eigenvalue weighted by Gasteiger charge is -2.22. The highest BCUT2D eigenvalue weighted by atomic mass is 32.2. The number of alkyl carbamates (subject to hydrolysis) is 1. The van der Waals surface area contributed by atoms with Gasteiger partial charge >= 0.3 is 12.1 Å². The zero-order chi connectivity index (χ0) is 20.1. The Morgan fingerprint density at radius 2 is 1.85 bits per heavy atom. The van der Waals surface area contributed by atoms with E-state index < -0.39 is 33.7 Å². The standard InChI is InChI=1S/C17H26N2O6S/c1-17(2,3)25-16(21)18-14(15(20)24-6)11-12-8-7-9-13(10-12)26(22,23)19(4)5/h7-10,14H,11H2,1-6H3,(H,18,21)/t14-/m0/s1. The number of hydrogen-bond acceptors (Lipinski definition) is 6. The van der Waals surface area contributed by atoms with E-state index in [0.717, 1.165) is 4.31 Å². The molecule has 1 rings (SSSR count). The molecule has 0 heterocycles. The van der Waals surface area contributed by atoms with Crippen LogP contribution < -0.4 is 5.32 Å². The molecule has 1 N–H and O–H groups in total. The van der Waals surface area contributed by atoms with Gasteiger partial charge in [0.15, 0.2) is 0 Å². The number of amides is 1. The van der Waals surface area contributed by atoms with Gasteiger partial charge in [-0.3, -0.25) is 0 Å². The van der Waals surface area contributed by atoms with Gasteiger partial charge in [-0.05, 0) is 38.5 Å². The van der Waals surface area contributed by atoms with Crippen LogP contribution in [0.5, 0.6) is 0 Å². The highest BCUT2D eigenvalue weighted by Gasteiger charge is 2.26. The van der Waals surface area contributed by atoms with Crippen LogP contribution >= 0.6 is 0 Å². The van der Waals surface area contributed by atoms with Crippen LogP contribution in [0.1, 0.15) is 26.3 Å². The molecular formula is C17H26N2O6S. The van der Waals surface area contributed by atoms with E-state index in [1.807, 2.05) is 0 Å². The van der Waals surface area contributed by atoms with E-state index in [1.54, 1.807) is 32.9 Å². The monoisotopic (exact) mass is 386 g/mol. The Morgan fingerprint density at radius 3 is 2.35 bits per heavy atom. The number of nitrogens with zero attached hydrogens (tertiary/aromatic N) is 1. The summed E-state index contributed by atoms with van der Waals surface area (Å²) in [5.41, 5.74) is -0.163. The smallest absolute Gasteiger partial charge is 0.408 e. The van der Waals surface area contributed by atoms with Crippen molar-refractivity contribution in [1.82, 2.24) is 9.62 Å². The molecule has 0 aromatic heterocycles. The Morgan fingerprint density at radius 1 is 1.23 bits per heavy atom. The minimum absolute atomic E-state index is 0.0582. The fourth-order valence-electron chi connectivity index (χ4n) is 2.06. The summed E-state index contributed by atoms with van der Waals surface area (Å²) in [7, 11) is 0.472. The van der Waals surface area contributed by atoms with Gasteiger partial charge in [-0.25, -0.2) is 22.3 Å². The number of nitrogens with one attached hydrogen (secondary N) is 1. The van der Waals surface area contributed by atoms with E-state index in [4.69, 9.17) is 9.47 Å². The van der Waals surface area contributed by atoms with Gasteiger partial charge in [0.1, 0.15) is 11.6 Å². The van der Waals surface area contributed by atoms with Gasteiger partial charge in [0, 0.05) is 20.5 Å². The number of carbonyl (C=O) groups excluding carboxylic acids is 2. The second kappa shape index (κ2) is 8.50. The number of benzene rings is 1. The molecule has 26 heavy (non-hydrogen) atoms. The molecule has 1 amide bonds. The van der Waals surface area contributed by atoms with Gasteiger partial charge in [-0.15, -0.1) is 0 Å². The predicted molar refractivity (Wildman–Crippen MR) is 96.2 cm³/mol. The minimum atomic E-state index is -3.60. The maximum absolute atomic E-state index is 12.2. The molecule has 0 unspecified atom stereocenters. The Labute approximate surface area is 154 Å². The first-order chi connectivity index (χ1) is 11.9. The molecule has 1 aromatic rings. The average Bonchev–Trinajstić information content (AvgIpc) is 2.51. The fourth-order valence-corrected chi connectivity index (χ4v) is 3.04. The third-order valence-corrected chi connectivity index (χ3v) is 5.10. The molecule has 0 saturated carbocycles. The topological polar surface area (TPSA) is 102 Å². The molecule has 1 aromatic carbocycles. The third kappa shape index (κ3) is 6.30. The van der Waals surface area contributed by atoms with E-state index >= 15 is 0 Å². The highest BCUT2D eigenvalue weighted by Crippen LogP contribution is 2.16. The summed E-state index contributed by atoms with van der Waals surface area (Å²) in [5, 5.41) is 2.46. The molecule has 0 bridgehead atoms. The minimum Gasteiger partial charge on any atom is -0.467 e. The van der Waals surface area contributed by atoms with Crippen molar-refractivity contribution in [3.8, 4) is 0 Å². The Balaban J connectivity index is 3.03. The summed E-state index contributed by atoms with van der Waals surface area (Å²) in [6.07, 6.45) is -0.701. The second-order valence-electron chi connectivity index (χ2n) is 6.86. The maximum atomic E-state index is 12.2. The zero-order valence-corrected chi connectivity index (χ0v) is 16.7. The lowest BCUT2D eigenvalue weighted by atomic mass is 10.1. The van der Waals surface area contributed by atoms with Crippen LogP contribution in [0.3, 0.4) is 0 Å². The summed E-state index contributed by atoms with van der Waals surface area (Å²) in [6.45, 7) is 5.11. The molecule has 0 spiro atoms. The molecule has 8 nitrogen and oxygen atoms in total. The Hall–Kier alpha value is -2.13. The Kier molecular flexibility index (Phi) is 7.16. The maximum Gasteiger partial charge on any atom is 0.408 e. The largest absolute Gasteiger partial charge is 0.467 e. The molecule has 1 atom stereocenters. The summed E-state index contributed by atoms with van der Waals surface area (Å²) in [5.74, 6) is -0.656. The molecule has 0 aliphatic carbocycles. The average molecular weight is 386 g/mol. The zero-order valence-electron chi connectivity index (χ0n) is 15.9. The summed E-state index contributed by atoms with van der Waals surface area (Å²) >= 11 is 0. The summed E-state index contributed by atoms with van der Waals surface area (Å²) in [4.78, 5) is 24.0. The van der Waals surface area contributed by atoms with Crippen LogP contribution in [-0.2, 0) is 30.7 Å². The highest BCUT2D eigenvalue weighted by molar-refractivity contribution is 7.89. The molecule has 0 aliphatic heterocycles. The van der Waals surface area contributed by atoms with Gasteiger partial charge < -0.3 is 14.8 Å². The third-order valence-electron chi connectivity index (χ3n) is 3.29. The van der Waals surface area contributed by atoms with Crippen LogP contribution in [0.2, 0.25) is 0 Å². The number of rotatable bonds is 6. The normalized spacial score (nSPS) is 13.2. The van der Waals surface area contributed by atoms with Gasteiger partial charge in [0.2, 0.25) is 10.0 Å². The number of sulfonamides is 1. The number of ether oxygens (including phenoxy) is 2. The van der Waals surface area contributed by atoms with Crippen LogP contribution in [-0.4, -0.2) is 57.6 Å². The number of methoxy groups -OCH3 is 1. The number of carbonyl (C=O) groups is 2. The van der Waals surface area contributed by atoms with Crippen LogP contribution in [0.4, 0.5) is 4.79 Å². The lowest BCUT2D eigenvalue weighted by Crippen LogP contribution is -2.45. The molecule has 146 valence electrons. The second-order valence-corrected chi connectivity index (χ2v) is 9.01. The summed E-state index contributed by atoms with van der Waals surface area (Å²) < 4.78 is 35.4. The van der Waals surface area contributed by atoms with Crippen molar-refractivity contribution in [3.63, 3.8) is 0 Å². The molecular weight excluding hydrogens is 360 g/mol. The van der Waals surface area contributed by atoms with Crippen LogP contribution in [0.25, 0.3) is 0 Å². The molecule has 9 heteroatoms. The quantitative estimate of drug-likeness (QED) is 0.744. The predicted octanol–water partition coefficient (Wildman–Crippen LogP) is 1.55. The van der Waals surface area contributed by atoms with E-state index in [0.29, 0.717) is 5.56 Å². The van der Waals surface area contributed by atoms with E-state index in [9.17, 15) is 18.0 Å². The first kappa shape index (κ1) is 21.9. The molecule has 0 radical (unpaired) electrons. The van der Waals surface area contributed by atoms with Crippen molar-refractivity contribution in [2.75, 3.05) is 21.2 Å². The summed E-state index contributed by atoms with van der Waals surface area (Å²) in [6, 6.07) is 5.16. The van der Waals surface area contributed by atoms with Crippen molar-refractivity contribution >= 4 is 22.1 Å². The first-order valence-electron chi connectivity index (χ1n) is 7.95. The molecule has 0 aliphatic rings. The van der Waals surface area contributed by atoms with E-state index in [2.05, 4.69) is 5.32 Å². The van der Waals surface area contributed by atoms with Crippen molar-refractivity contribution in [3.05, 3.63) is 29.8 Å². The Bertz CT molecular complexity index is 753.